The Balaban J connectivity index is 1.79. The lowest BCUT2D eigenvalue weighted by Gasteiger charge is -2.26. The van der Waals surface area contributed by atoms with E-state index in [1.165, 1.54) is 0 Å². The molecule has 1 aliphatic rings. The normalized spacial score (nSPS) is 15.3. The minimum atomic E-state index is 0.0428. The lowest BCUT2D eigenvalue weighted by atomic mass is 10.1. The largest absolute Gasteiger partial charge is 0.380 e. The summed E-state index contributed by atoms with van der Waals surface area (Å²) in [5.41, 5.74) is 2.25. The van der Waals surface area contributed by atoms with Crippen LogP contribution in [0.5, 0.6) is 0 Å². The van der Waals surface area contributed by atoms with E-state index in [0.29, 0.717) is 13.2 Å². The first kappa shape index (κ1) is 14.2. The first-order valence-corrected chi connectivity index (χ1v) is 7.62. The lowest BCUT2D eigenvalue weighted by molar-refractivity contribution is 0.185. The average Bonchev–Trinajstić information content (AvgIpc) is 2.47. The predicted molar refractivity (Wildman–Crippen MR) is 78.3 cm³/mol. The Morgan fingerprint density at radius 1 is 1.26 bits per heavy atom. The number of carbonyl (C=O) groups excluding carboxylic acids is 1. The summed E-state index contributed by atoms with van der Waals surface area (Å²) < 4.78 is 5.07. The average molecular weight is 280 g/mol. The van der Waals surface area contributed by atoms with Crippen LogP contribution in [0.15, 0.2) is 24.3 Å². The molecule has 0 aromatic heterocycles. The molecular formula is C14H20N2O2S. The van der Waals surface area contributed by atoms with Crippen LogP contribution in [0.3, 0.4) is 0 Å². The molecule has 1 heterocycles. The minimum Gasteiger partial charge on any atom is -0.380 e. The molecule has 4 nitrogen and oxygen atoms in total. The molecule has 2 rings (SSSR count). The Kier molecular flexibility index (Phi) is 5.54. The van der Waals surface area contributed by atoms with Gasteiger partial charge in [-0.2, -0.15) is 11.8 Å². The summed E-state index contributed by atoms with van der Waals surface area (Å²) in [6, 6.07) is 8.16. The summed E-state index contributed by atoms with van der Waals surface area (Å²) in [6.07, 6.45) is 0. The molecule has 1 aromatic carbocycles. The number of hydrogen-bond acceptors (Lipinski definition) is 3. The van der Waals surface area contributed by atoms with Gasteiger partial charge in [0.25, 0.3) is 0 Å². The Morgan fingerprint density at radius 2 is 1.89 bits per heavy atom. The molecule has 0 aliphatic carbocycles. The van der Waals surface area contributed by atoms with Gasteiger partial charge in [0.2, 0.25) is 0 Å². The summed E-state index contributed by atoms with van der Waals surface area (Å²) in [4.78, 5) is 13.8. The molecule has 2 amide bonds. The number of amides is 2. The Hall–Kier alpha value is -1.20. The standard InChI is InChI=1S/C14H20N2O2S/c1-18-11-13-4-2-12(3-5-13)10-15-14(17)16-6-8-19-9-7-16/h2-5H,6-11H2,1H3,(H,15,17). The predicted octanol–water partition coefficient (Wildman–Crippen LogP) is 2.09. The number of carbonyl (C=O) groups is 1. The molecule has 104 valence electrons. The van der Waals surface area contributed by atoms with Crippen LogP contribution in [0, 0.1) is 0 Å². The molecule has 0 unspecified atom stereocenters. The molecule has 1 fully saturated rings. The Bertz CT molecular complexity index is 402. The second-order valence-electron chi connectivity index (χ2n) is 4.51. The van der Waals surface area contributed by atoms with E-state index in [1.807, 2.05) is 40.9 Å². The number of methoxy groups -OCH3 is 1. The van der Waals surface area contributed by atoms with Crippen molar-refractivity contribution in [1.29, 1.82) is 0 Å². The molecule has 1 aromatic rings. The zero-order valence-electron chi connectivity index (χ0n) is 11.2. The van der Waals surface area contributed by atoms with Crippen LogP contribution in [0.2, 0.25) is 0 Å². The van der Waals surface area contributed by atoms with Gasteiger partial charge in [-0.25, -0.2) is 4.79 Å². The quantitative estimate of drug-likeness (QED) is 0.918. The van der Waals surface area contributed by atoms with Crippen molar-refractivity contribution < 1.29 is 9.53 Å². The van der Waals surface area contributed by atoms with Crippen molar-refractivity contribution in [1.82, 2.24) is 10.2 Å². The van der Waals surface area contributed by atoms with E-state index >= 15 is 0 Å². The third-order valence-corrected chi connectivity index (χ3v) is 4.02. The van der Waals surface area contributed by atoms with Crippen molar-refractivity contribution in [2.75, 3.05) is 31.7 Å². The van der Waals surface area contributed by atoms with Crippen LogP contribution in [-0.2, 0) is 17.9 Å². The van der Waals surface area contributed by atoms with E-state index in [0.717, 1.165) is 35.7 Å². The highest BCUT2D eigenvalue weighted by Gasteiger charge is 2.15. The van der Waals surface area contributed by atoms with E-state index in [-0.39, 0.29) is 6.03 Å². The molecule has 1 aliphatic heterocycles. The highest BCUT2D eigenvalue weighted by atomic mass is 32.2. The summed E-state index contributed by atoms with van der Waals surface area (Å²) in [5.74, 6) is 2.08. The number of nitrogens with zero attached hydrogens (tertiary/aromatic N) is 1. The monoisotopic (exact) mass is 280 g/mol. The molecule has 5 heteroatoms. The Labute approximate surface area is 118 Å². The number of thioether (sulfide) groups is 1. The number of nitrogens with one attached hydrogen (secondary N) is 1. The van der Waals surface area contributed by atoms with Gasteiger partial charge in [-0.1, -0.05) is 24.3 Å². The highest BCUT2D eigenvalue weighted by Crippen LogP contribution is 2.09. The molecule has 0 spiro atoms. The molecule has 0 radical (unpaired) electrons. The first-order valence-electron chi connectivity index (χ1n) is 6.47. The van der Waals surface area contributed by atoms with Gasteiger partial charge in [0.1, 0.15) is 0 Å². The fourth-order valence-corrected chi connectivity index (χ4v) is 2.88. The zero-order valence-corrected chi connectivity index (χ0v) is 12.0. The van der Waals surface area contributed by atoms with Crippen molar-refractivity contribution in [2.45, 2.75) is 13.2 Å². The second-order valence-corrected chi connectivity index (χ2v) is 5.73. The number of benzene rings is 1. The lowest BCUT2D eigenvalue weighted by Crippen LogP contribution is -2.44. The van der Waals surface area contributed by atoms with Gasteiger partial charge in [0.15, 0.2) is 0 Å². The van der Waals surface area contributed by atoms with Gasteiger partial charge in [-0.3, -0.25) is 0 Å². The van der Waals surface area contributed by atoms with Gasteiger partial charge in [0.05, 0.1) is 6.61 Å². The maximum atomic E-state index is 11.9. The van der Waals surface area contributed by atoms with Gasteiger partial charge in [0, 0.05) is 38.2 Å². The minimum absolute atomic E-state index is 0.0428. The van der Waals surface area contributed by atoms with Crippen molar-refractivity contribution in [3.63, 3.8) is 0 Å². The smallest absolute Gasteiger partial charge is 0.317 e. The van der Waals surface area contributed by atoms with Crippen molar-refractivity contribution in [3.8, 4) is 0 Å². The maximum Gasteiger partial charge on any atom is 0.317 e. The first-order chi connectivity index (χ1) is 9.29. The highest BCUT2D eigenvalue weighted by molar-refractivity contribution is 7.99. The molecule has 0 atom stereocenters. The maximum absolute atomic E-state index is 11.9. The number of urea groups is 1. The number of ether oxygens (including phenoxy) is 1. The van der Waals surface area contributed by atoms with Crippen LogP contribution in [0.1, 0.15) is 11.1 Å². The number of hydrogen-bond donors (Lipinski definition) is 1. The fraction of sp³-hybridized carbons (Fsp3) is 0.500. The van der Waals surface area contributed by atoms with E-state index < -0.39 is 0 Å². The van der Waals surface area contributed by atoms with Gasteiger partial charge >= 0.3 is 6.03 Å². The zero-order chi connectivity index (χ0) is 13.5. The van der Waals surface area contributed by atoms with Gasteiger partial charge < -0.3 is 15.0 Å². The van der Waals surface area contributed by atoms with E-state index in [4.69, 9.17) is 4.74 Å². The van der Waals surface area contributed by atoms with E-state index in [9.17, 15) is 4.79 Å². The SMILES string of the molecule is COCc1ccc(CNC(=O)N2CCSCC2)cc1. The summed E-state index contributed by atoms with van der Waals surface area (Å²) in [5, 5.41) is 2.97. The van der Waals surface area contributed by atoms with E-state index in [1.54, 1.807) is 7.11 Å². The molecule has 1 saturated heterocycles. The van der Waals surface area contributed by atoms with Crippen LogP contribution in [-0.4, -0.2) is 42.6 Å². The van der Waals surface area contributed by atoms with Crippen molar-refractivity contribution in [2.24, 2.45) is 0 Å². The third kappa shape index (κ3) is 4.44. The van der Waals surface area contributed by atoms with E-state index in [2.05, 4.69) is 5.32 Å². The van der Waals surface area contributed by atoms with Crippen LogP contribution in [0.25, 0.3) is 0 Å². The Morgan fingerprint density at radius 3 is 2.53 bits per heavy atom. The molecular weight excluding hydrogens is 260 g/mol. The topological polar surface area (TPSA) is 41.6 Å². The third-order valence-electron chi connectivity index (χ3n) is 3.08. The molecule has 19 heavy (non-hydrogen) atoms. The molecule has 0 bridgehead atoms. The van der Waals surface area contributed by atoms with Gasteiger partial charge in [-0.05, 0) is 11.1 Å². The molecule has 0 saturated carbocycles. The van der Waals surface area contributed by atoms with Crippen LogP contribution >= 0.6 is 11.8 Å². The van der Waals surface area contributed by atoms with Crippen LogP contribution < -0.4 is 5.32 Å². The van der Waals surface area contributed by atoms with Crippen molar-refractivity contribution >= 4 is 17.8 Å². The summed E-state index contributed by atoms with van der Waals surface area (Å²) in [7, 11) is 1.69. The fourth-order valence-electron chi connectivity index (χ4n) is 1.98. The van der Waals surface area contributed by atoms with Gasteiger partial charge in [-0.15, -0.1) is 0 Å². The van der Waals surface area contributed by atoms with Crippen molar-refractivity contribution in [3.05, 3.63) is 35.4 Å². The second kappa shape index (κ2) is 7.40. The number of rotatable bonds is 4. The molecule has 1 N–H and O–H groups in total. The van der Waals surface area contributed by atoms with Crippen LogP contribution in [0.4, 0.5) is 4.79 Å². The summed E-state index contributed by atoms with van der Waals surface area (Å²) >= 11 is 1.90. The summed E-state index contributed by atoms with van der Waals surface area (Å²) in [6.45, 7) is 2.90.